The summed E-state index contributed by atoms with van der Waals surface area (Å²) < 4.78 is 0. The summed E-state index contributed by atoms with van der Waals surface area (Å²) in [7, 11) is 0. The number of nitrogens with one attached hydrogen (secondary N) is 2. The van der Waals surface area contributed by atoms with Crippen LogP contribution in [0.15, 0.2) is 0 Å². The van der Waals surface area contributed by atoms with Crippen LogP contribution in [0.1, 0.15) is 65.2 Å². The first-order chi connectivity index (χ1) is 11.4. The van der Waals surface area contributed by atoms with Crippen molar-refractivity contribution in [3.05, 3.63) is 0 Å². The molecule has 0 radical (unpaired) electrons. The van der Waals surface area contributed by atoms with Gasteiger partial charge in [0.25, 0.3) is 0 Å². The molecular formula is C17H31N3O4. The number of likely N-dealkylation sites (tertiary alicyclic amines) is 1. The SMILES string of the molecule is CC(C)NC(=O)N1CCC[C@H]1C(=O)NCCCCCCCC(=O)O. The molecule has 1 rings (SSSR count). The first kappa shape index (κ1) is 20.3. The molecule has 0 bridgehead atoms. The van der Waals surface area contributed by atoms with Crippen molar-refractivity contribution in [2.45, 2.75) is 77.3 Å². The molecule has 7 nitrogen and oxygen atoms in total. The average Bonchev–Trinajstić information content (AvgIpc) is 2.98. The van der Waals surface area contributed by atoms with Crippen LogP contribution in [0.3, 0.4) is 0 Å². The number of nitrogens with zero attached hydrogens (tertiary/aromatic N) is 1. The van der Waals surface area contributed by atoms with Crippen LogP contribution in [0.2, 0.25) is 0 Å². The number of carboxylic acids is 1. The van der Waals surface area contributed by atoms with E-state index in [-0.39, 0.29) is 30.4 Å². The summed E-state index contributed by atoms with van der Waals surface area (Å²) in [5.74, 6) is -0.817. The highest BCUT2D eigenvalue weighted by atomic mass is 16.4. The molecule has 24 heavy (non-hydrogen) atoms. The minimum Gasteiger partial charge on any atom is -0.481 e. The molecule has 3 amide bonds. The van der Waals surface area contributed by atoms with E-state index in [4.69, 9.17) is 5.11 Å². The molecule has 1 aliphatic rings. The number of hydrogen-bond donors (Lipinski definition) is 3. The van der Waals surface area contributed by atoms with Gasteiger partial charge in [0.05, 0.1) is 0 Å². The Morgan fingerprint density at radius 2 is 1.79 bits per heavy atom. The van der Waals surface area contributed by atoms with Gasteiger partial charge in [-0.25, -0.2) is 4.79 Å². The van der Waals surface area contributed by atoms with E-state index in [1.165, 1.54) is 0 Å². The molecule has 1 aliphatic heterocycles. The molecule has 1 fully saturated rings. The summed E-state index contributed by atoms with van der Waals surface area (Å²) in [4.78, 5) is 36.4. The van der Waals surface area contributed by atoms with Gasteiger partial charge in [0.1, 0.15) is 6.04 Å². The minimum absolute atomic E-state index is 0.0583. The summed E-state index contributed by atoms with van der Waals surface area (Å²) in [5, 5.41) is 14.3. The fraction of sp³-hybridized carbons (Fsp3) is 0.824. The van der Waals surface area contributed by atoms with Gasteiger partial charge in [0, 0.05) is 25.6 Å². The Bertz CT molecular complexity index is 426. The predicted molar refractivity (Wildman–Crippen MR) is 91.7 cm³/mol. The van der Waals surface area contributed by atoms with E-state index < -0.39 is 5.97 Å². The highest BCUT2D eigenvalue weighted by Gasteiger charge is 2.33. The van der Waals surface area contributed by atoms with Crippen LogP contribution in [0.25, 0.3) is 0 Å². The standard InChI is InChI=1S/C17H31N3O4/c1-13(2)19-17(24)20-12-8-9-14(20)16(23)18-11-7-5-3-4-6-10-15(21)22/h13-14H,3-12H2,1-2H3,(H,18,23)(H,19,24)(H,21,22)/t14-/m0/s1. The third-order valence-corrected chi connectivity index (χ3v) is 4.10. The Morgan fingerprint density at radius 3 is 2.46 bits per heavy atom. The summed E-state index contributed by atoms with van der Waals surface area (Å²) in [6, 6.07) is -0.469. The summed E-state index contributed by atoms with van der Waals surface area (Å²) in [6.07, 6.45) is 6.25. The molecule has 138 valence electrons. The number of rotatable bonds is 10. The monoisotopic (exact) mass is 341 g/mol. The average molecular weight is 341 g/mol. The normalized spacial score (nSPS) is 17.1. The number of amides is 3. The van der Waals surface area contributed by atoms with Crippen LogP contribution in [0.4, 0.5) is 4.79 Å². The number of aliphatic carboxylic acids is 1. The van der Waals surface area contributed by atoms with E-state index in [1.54, 1.807) is 4.90 Å². The van der Waals surface area contributed by atoms with Gasteiger partial charge in [-0.2, -0.15) is 0 Å². The second-order valence-corrected chi connectivity index (χ2v) is 6.66. The van der Waals surface area contributed by atoms with E-state index >= 15 is 0 Å². The molecule has 0 aromatic rings. The summed E-state index contributed by atoms with van der Waals surface area (Å²) >= 11 is 0. The maximum absolute atomic E-state index is 12.3. The van der Waals surface area contributed by atoms with E-state index in [0.29, 0.717) is 25.9 Å². The Morgan fingerprint density at radius 1 is 1.12 bits per heavy atom. The lowest BCUT2D eigenvalue weighted by Gasteiger charge is -2.25. The summed E-state index contributed by atoms with van der Waals surface area (Å²) in [6.45, 7) is 5.03. The van der Waals surface area contributed by atoms with Gasteiger partial charge in [-0.05, 0) is 39.5 Å². The van der Waals surface area contributed by atoms with Gasteiger partial charge < -0.3 is 20.6 Å². The van der Waals surface area contributed by atoms with Crippen molar-refractivity contribution in [1.82, 2.24) is 15.5 Å². The zero-order chi connectivity index (χ0) is 17.9. The van der Waals surface area contributed by atoms with Crippen LogP contribution < -0.4 is 10.6 Å². The number of carbonyl (C=O) groups excluding carboxylic acids is 2. The fourth-order valence-corrected chi connectivity index (χ4v) is 2.87. The molecular weight excluding hydrogens is 310 g/mol. The number of carboxylic acid groups (broad SMARTS) is 1. The van der Waals surface area contributed by atoms with Crippen molar-refractivity contribution >= 4 is 17.9 Å². The van der Waals surface area contributed by atoms with E-state index in [1.807, 2.05) is 13.8 Å². The quantitative estimate of drug-likeness (QED) is 0.530. The summed E-state index contributed by atoms with van der Waals surface area (Å²) in [5.41, 5.74) is 0. The van der Waals surface area contributed by atoms with Crippen molar-refractivity contribution in [3.8, 4) is 0 Å². The molecule has 0 unspecified atom stereocenters. The van der Waals surface area contributed by atoms with Gasteiger partial charge in [0.2, 0.25) is 5.91 Å². The lowest BCUT2D eigenvalue weighted by atomic mass is 10.1. The third kappa shape index (κ3) is 7.66. The predicted octanol–water partition coefficient (Wildman–Crippen LogP) is 2.11. The van der Waals surface area contributed by atoms with Gasteiger partial charge in [-0.3, -0.25) is 9.59 Å². The van der Waals surface area contributed by atoms with Crippen molar-refractivity contribution in [2.75, 3.05) is 13.1 Å². The number of unbranched alkanes of at least 4 members (excludes halogenated alkanes) is 4. The lowest BCUT2D eigenvalue weighted by molar-refractivity contribution is -0.137. The van der Waals surface area contributed by atoms with Crippen LogP contribution in [-0.2, 0) is 9.59 Å². The second kappa shape index (κ2) is 10.9. The second-order valence-electron chi connectivity index (χ2n) is 6.66. The van der Waals surface area contributed by atoms with Gasteiger partial charge >= 0.3 is 12.0 Å². The van der Waals surface area contributed by atoms with E-state index in [9.17, 15) is 14.4 Å². The van der Waals surface area contributed by atoms with Crippen LogP contribution in [0.5, 0.6) is 0 Å². The molecule has 1 heterocycles. The highest BCUT2D eigenvalue weighted by Crippen LogP contribution is 2.17. The molecule has 0 spiro atoms. The molecule has 1 saturated heterocycles. The van der Waals surface area contributed by atoms with Gasteiger partial charge in [0.15, 0.2) is 0 Å². The van der Waals surface area contributed by atoms with Crippen molar-refractivity contribution < 1.29 is 19.5 Å². The highest BCUT2D eigenvalue weighted by molar-refractivity contribution is 5.87. The third-order valence-electron chi connectivity index (χ3n) is 4.10. The maximum Gasteiger partial charge on any atom is 0.318 e. The van der Waals surface area contributed by atoms with E-state index in [0.717, 1.165) is 32.1 Å². The minimum atomic E-state index is -0.745. The first-order valence-corrected chi connectivity index (χ1v) is 8.98. The molecule has 7 heteroatoms. The van der Waals surface area contributed by atoms with Gasteiger partial charge in [-0.15, -0.1) is 0 Å². The fourth-order valence-electron chi connectivity index (χ4n) is 2.87. The van der Waals surface area contributed by atoms with Crippen LogP contribution in [-0.4, -0.2) is 53.1 Å². The van der Waals surface area contributed by atoms with Crippen LogP contribution >= 0.6 is 0 Å². The van der Waals surface area contributed by atoms with Crippen LogP contribution in [0, 0.1) is 0 Å². The smallest absolute Gasteiger partial charge is 0.318 e. The van der Waals surface area contributed by atoms with Crippen molar-refractivity contribution in [1.29, 1.82) is 0 Å². The Hall–Kier alpha value is -1.79. The topological polar surface area (TPSA) is 98.7 Å². The molecule has 0 aromatic carbocycles. The zero-order valence-electron chi connectivity index (χ0n) is 14.8. The molecule has 3 N–H and O–H groups in total. The number of urea groups is 1. The number of carbonyl (C=O) groups is 3. The molecule has 0 aliphatic carbocycles. The molecule has 0 aromatic heterocycles. The van der Waals surface area contributed by atoms with Crippen molar-refractivity contribution in [2.24, 2.45) is 0 Å². The maximum atomic E-state index is 12.3. The molecule has 1 atom stereocenters. The Balaban J connectivity index is 2.17. The largest absolute Gasteiger partial charge is 0.481 e. The zero-order valence-corrected chi connectivity index (χ0v) is 14.8. The first-order valence-electron chi connectivity index (χ1n) is 8.98. The molecule has 0 saturated carbocycles. The Kier molecular flexibility index (Phi) is 9.19. The van der Waals surface area contributed by atoms with Crippen molar-refractivity contribution in [3.63, 3.8) is 0 Å². The number of hydrogen-bond acceptors (Lipinski definition) is 3. The van der Waals surface area contributed by atoms with Gasteiger partial charge in [-0.1, -0.05) is 19.3 Å². The Labute approximate surface area is 144 Å². The van der Waals surface area contributed by atoms with E-state index in [2.05, 4.69) is 10.6 Å². The lowest BCUT2D eigenvalue weighted by Crippen LogP contribution is -2.50.